The van der Waals surface area contributed by atoms with E-state index in [4.69, 9.17) is 0 Å². The molecule has 0 unspecified atom stereocenters. The van der Waals surface area contributed by atoms with Gasteiger partial charge in [0.25, 0.3) is 5.91 Å². The molecule has 1 heterocycles. The quantitative estimate of drug-likeness (QED) is 0.926. The van der Waals surface area contributed by atoms with Gasteiger partial charge in [0, 0.05) is 11.5 Å². The lowest BCUT2D eigenvalue weighted by Crippen LogP contribution is -2.11. The Kier molecular flexibility index (Phi) is 2.79. The Balaban J connectivity index is 1.73. The highest BCUT2D eigenvalue weighted by Gasteiger charge is 2.27. The van der Waals surface area contributed by atoms with Crippen molar-refractivity contribution < 1.29 is 9.18 Å². The fourth-order valence-electron chi connectivity index (χ4n) is 1.58. The molecule has 1 aliphatic carbocycles. The van der Waals surface area contributed by atoms with E-state index in [1.165, 1.54) is 29.5 Å². The Morgan fingerprint density at radius 2 is 2.22 bits per heavy atom. The summed E-state index contributed by atoms with van der Waals surface area (Å²) < 4.78 is 13.0. The van der Waals surface area contributed by atoms with Crippen LogP contribution in [0.3, 0.4) is 0 Å². The van der Waals surface area contributed by atoms with Crippen LogP contribution in [0.4, 0.5) is 9.52 Å². The number of anilines is 1. The second-order valence-electron chi connectivity index (χ2n) is 4.18. The Bertz CT molecular complexity index is 595. The first-order chi connectivity index (χ1) is 8.72. The van der Waals surface area contributed by atoms with Crippen molar-refractivity contribution >= 4 is 22.4 Å². The van der Waals surface area contributed by atoms with Crippen LogP contribution < -0.4 is 5.32 Å². The molecule has 4 nitrogen and oxygen atoms in total. The molecule has 18 heavy (non-hydrogen) atoms. The van der Waals surface area contributed by atoms with Crippen LogP contribution in [-0.2, 0) is 0 Å². The molecule has 1 fully saturated rings. The highest BCUT2D eigenvalue weighted by atomic mass is 32.1. The molecular weight excluding hydrogens is 253 g/mol. The number of hydrogen-bond acceptors (Lipinski definition) is 4. The van der Waals surface area contributed by atoms with Crippen molar-refractivity contribution in [2.24, 2.45) is 0 Å². The summed E-state index contributed by atoms with van der Waals surface area (Å²) in [6.45, 7) is 0. The van der Waals surface area contributed by atoms with E-state index in [0.717, 1.165) is 17.8 Å². The minimum Gasteiger partial charge on any atom is -0.296 e. The molecule has 3 rings (SSSR count). The highest BCUT2D eigenvalue weighted by Crippen LogP contribution is 2.42. The summed E-state index contributed by atoms with van der Waals surface area (Å²) in [7, 11) is 0. The third-order valence-electron chi connectivity index (χ3n) is 2.67. The molecule has 6 heteroatoms. The summed E-state index contributed by atoms with van der Waals surface area (Å²) in [6.07, 6.45) is 2.29. The van der Waals surface area contributed by atoms with Crippen LogP contribution in [-0.4, -0.2) is 16.1 Å². The Labute approximate surface area is 107 Å². The van der Waals surface area contributed by atoms with Gasteiger partial charge in [-0.05, 0) is 31.0 Å². The molecular formula is C12H10FN3OS. The zero-order valence-electron chi connectivity index (χ0n) is 9.39. The molecule has 1 aromatic carbocycles. The van der Waals surface area contributed by atoms with Crippen LogP contribution in [0.2, 0.25) is 0 Å². The van der Waals surface area contributed by atoms with E-state index in [2.05, 4.69) is 15.5 Å². The minimum atomic E-state index is -0.432. The third kappa shape index (κ3) is 2.38. The number of amides is 1. The predicted octanol–water partition coefficient (Wildman–Crippen LogP) is 2.81. The zero-order chi connectivity index (χ0) is 12.5. The number of aromatic nitrogens is 2. The number of nitrogens with zero attached hydrogens (tertiary/aromatic N) is 2. The number of rotatable bonds is 3. The summed E-state index contributed by atoms with van der Waals surface area (Å²) in [5.74, 6) is -0.283. The van der Waals surface area contributed by atoms with Crippen LogP contribution in [0.1, 0.15) is 34.1 Å². The lowest BCUT2D eigenvalue weighted by atomic mass is 10.2. The van der Waals surface area contributed by atoms with E-state index < -0.39 is 5.82 Å². The molecule has 0 aliphatic heterocycles. The standard InChI is InChI=1S/C12H10FN3OS/c13-9-3-1-2-8(6-9)10(17)14-12-16-15-11(18-12)7-4-5-7/h1-3,6-7H,4-5H2,(H,14,16,17). The molecule has 0 spiro atoms. The molecule has 0 bridgehead atoms. The van der Waals surface area contributed by atoms with Crippen molar-refractivity contribution in [2.75, 3.05) is 5.32 Å². The van der Waals surface area contributed by atoms with Gasteiger partial charge >= 0.3 is 0 Å². The van der Waals surface area contributed by atoms with Gasteiger partial charge in [-0.25, -0.2) is 4.39 Å². The molecule has 2 aromatic rings. The van der Waals surface area contributed by atoms with E-state index in [-0.39, 0.29) is 11.5 Å². The smallest absolute Gasteiger partial charge is 0.257 e. The number of nitrogens with one attached hydrogen (secondary N) is 1. The first-order valence-electron chi connectivity index (χ1n) is 5.63. The van der Waals surface area contributed by atoms with Crippen molar-refractivity contribution in [3.05, 3.63) is 40.7 Å². The molecule has 0 radical (unpaired) electrons. The van der Waals surface area contributed by atoms with Crippen LogP contribution >= 0.6 is 11.3 Å². The van der Waals surface area contributed by atoms with Crippen molar-refractivity contribution in [2.45, 2.75) is 18.8 Å². The van der Waals surface area contributed by atoms with Gasteiger partial charge in [0.1, 0.15) is 10.8 Å². The van der Waals surface area contributed by atoms with E-state index in [0.29, 0.717) is 11.0 Å². The first-order valence-corrected chi connectivity index (χ1v) is 6.44. The molecule has 1 N–H and O–H groups in total. The zero-order valence-corrected chi connectivity index (χ0v) is 10.2. The topological polar surface area (TPSA) is 54.9 Å². The van der Waals surface area contributed by atoms with Crippen LogP contribution in [0.25, 0.3) is 0 Å². The van der Waals surface area contributed by atoms with E-state index in [1.807, 2.05) is 0 Å². The molecule has 0 atom stereocenters. The van der Waals surface area contributed by atoms with Gasteiger partial charge in [0.05, 0.1) is 0 Å². The Hall–Kier alpha value is -1.82. The molecule has 92 valence electrons. The number of carbonyl (C=O) groups is 1. The lowest BCUT2D eigenvalue weighted by molar-refractivity contribution is 0.102. The van der Waals surface area contributed by atoms with Gasteiger partial charge in [-0.15, -0.1) is 10.2 Å². The van der Waals surface area contributed by atoms with Gasteiger partial charge in [-0.1, -0.05) is 17.4 Å². The molecule has 1 aromatic heterocycles. The first kappa shape index (κ1) is 11.3. The average Bonchev–Trinajstić information content (AvgIpc) is 3.11. The number of benzene rings is 1. The predicted molar refractivity (Wildman–Crippen MR) is 66.2 cm³/mol. The normalized spacial score (nSPS) is 14.5. The van der Waals surface area contributed by atoms with Gasteiger partial charge < -0.3 is 0 Å². The highest BCUT2D eigenvalue weighted by molar-refractivity contribution is 7.15. The van der Waals surface area contributed by atoms with Crippen molar-refractivity contribution in [1.82, 2.24) is 10.2 Å². The molecule has 1 amide bonds. The average molecular weight is 263 g/mol. The monoisotopic (exact) mass is 263 g/mol. The fraction of sp³-hybridized carbons (Fsp3) is 0.250. The second kappa shape index (κ2) is 4.45. The van der Waals surface area contributed by atoms with Crippen LogP contribution in [0.15, 0.2) is 24.3 Å². The second-order valence-corrected chi connectivity index (χ2v) is 5.19. The fourth-order valence-corrected chi connectivity index (χ4v) is 2.49. The summed E-state index contributed by atoms with van der Waals surface area (Å²) in [4.78, 5) is 11.8. The van der Waals surface area contributed by atoms with Crippen molar-refractivity contribution in [3.63, 3.8) is 0 Å². The number of carbonyl (C=O) groups excluding carboxylic acids is 1. The van der Waals surface area contributed by atoms with Crippen LogP contribution in [0.5, 0.6) is 0 Å². The van der Waals surface area contributed by atoms with E-state index in [9.17, 15) is 9.18 Å². The van der Waals surface area contributed by atoms with Crippen molar-refractivity contribution in [3.8, 4) is 0 Å². The van der Waals surface area contributed by atoms with Gasteiger partial charge in [-0.2, -0.15) is 0 Å². The summed E-state index contributed by atoms with van der Waals surface area (Å²) in [6, 6.07) is 5.55. The maximum absolute atomic E-state index is 13.0. The Morgan fingerprint density at radius 1 is 1.39 bits per heavy atom. The van der Waals surface area contributed by atoms with Gasteiger partial charge in [-0.3, -0.25) is 10.1 Å². The number of halogens is 1. The minimum absolute atomic E-state index is 0.276. The maximum Gasteiger partial charge on any atom is 0.257 e. The summed E-state index contributed by atoms with van der Waals surface area (Å²) >= 11 is 1.38. The SMILES string of the molecule is O=C(Nc1nnc(C2CC2)s1)c1cccc(F)c1. The third-order valence-corrected chi connectivity index (χ3v) is 3.68. The van der Waals surface area contributed by atoms with Gasteiger partial charge in [0.15, 0.2) is 0 Å². The van der Waals surface area contributed by atoms with Crippen LogP contribution in [0, 0.1) is 5.82 Å². The molecule has 0 saturated heterocycles. The van der Waals surface area contributed by atoms with Crippen molar-refractivity contribution in [1.29, 1.82) is 0 Å². The lowest BCUT2D eigenvalue weighted by Gasteiger charge is -2.00. The maximum atomic E-state index is 13.0. The van der Waals surface area contributed by atoms with E-state index in [1.54, 1.807) is 6.07 Å². The molecule has 1 aliphatic rings. The summed E-state index contributed by atoms with van der Waals surface area (Å²) in [5.41, 5.74) is 0.276. The van der Waals surface area contributed by atoms with E-state index >= 15 is 0 Å². The number of hydrogen-bond donors (Lipinski definition) is 1. The van der Waals surface area contributed by atoms with Gasteiger partial charge in [0.2, 0.25) is 5.13 Å². The Morgan fingerprint density at radius 3 is 2.94 bits per heavy atom. The molecule has 1 saturated carbocycles. The largest absolute Gasteiger partial charge is 0.296 e. The summed E-state index contributed by atoms with van der Waals surface area (Å²) in [5, 5.41) is 12.0.